The van der Waals surface area contributed by atoms with E-state index in [2.05, 4.69) is 5.32 Å². The van der Waals surface area contributed by atoms with E-state index in [1.54, 1.807) is 18.2 Å². The molecule has 5 heteroatoms. The van der Waals surface area contributed by atoms with Gasteiger partial charge in [0.15, 0.2) is 0 Å². The Bertz CT molecular complexity index is 853. The molecule has 0 aliphatic rings. The minimum Gasteiger partial charge on any atom is -0.489 e. The van der Waals surface area contributed by atoms with Crippen LogP contribution in [0.5, 0.6) is 5.75 Å². The molecule has 0 saturated carbocycles. The van der Waals surface area contributed by atoms with Gasteiger partial charge in [-0.15, -0.1) is 0 Å². The monoisotopic (exact) mass is 359 g/mol. The molecule has 0 bridgehead atoms. The maximum absolute atomic E-state index is 13.1. The smallest absolute Gasteiger partial charge is 0.141 e. The number of anilines is 1. The van der Waals surface area contributed by atoms with E-state index >= 15 is 0 Å². The fourth-order valence-electron chi connectivity index (χ4n) is 2.31. The van der Waals surface area contributed by atoms with Gasteiger partial charge in [-0.3, -0.25) is 0 Å². The number of ether oxygens (including phenoxy) is 1. The van der Waals surface area contributed by atoms with Crippen molar-refractivity contribution in [3.05, 3.63) is 94.5 Å². The van der Waals surface area contributed by atoms with E-state index in [9.17, 15) is 8.78 Å². The van der Waals surface area contributed by atoms with Crippen molar-refractivity contribution in [2.24, 2.45) is 0 Å². The van der Waals surface area contributed by atoms with Gasteiger partial charge < -0.3 is 10.1 Å². The highest BCUT2D eigenvalue weighted by Crippen LogP contribution is 2.20. The minimum absolute atomic E-state index is 0.0890. The summed E-state index contributed by atoms with van der Waals surface area (Å²) < 4.78 is 31.9. The van der Waals surface area contributed by atoms with E-state index in [1.165, 1.54) is 18.2 Å². The Kier molecular flexibility index (Phi) is 5.51. The first-order valence-corrected chi connectivity index (χ1v) is 8.13. The Labute approximate surface area is 150 Å². The molecule has 1 N–H and O–H groups in total. The van der Waals surface area contributed by atoms with Gasteiger partial charge in [0.2, 0.25) is 0 Å². The zero-order valence-electron chi connectivity index (χ0n) is 13.3. The molecule has 0 heterocycles. The normalized spacial score (nSPS) is 10.5. The SMILES string of the molecule is Fc1cccc(COc2ccc(CNc3ccc(F)c(Cl)c3)cc2)c1. The van der Waals surface area contributed by atoms with Crippen LogP contribution in [0, 0.1) is 11.6 Å². The summed E-state index contributed by atoms with van der Waals surface area (Å²) in [6.07, 6.45) is 0. The molecule has 0 aromatic heterocycles. The molecule has 0 saturated heterocycles. The van der Waals surface area contributed by atoms with Crippen LogP contribution in [-0.2, 0) is 13.2 Å². The van der Waals surface area contributed by atoms with E-state index in [1.807, 2.05) is 30.3 Å². The molecule has 0 unspecified atom stereocenters. The highest BCUT2D eigenvalue weighted by atomic mass is 35.5. The van der Waals surface area contributed by atoms with Crippen LogP contribution in [0.4, 0.5) is 14.5 Å². The third-order valence-corrected chi connectivity index (χ3v) is 3.92. The Morgan fingerprint density at radius 2 is 1.68 bits per heavy atom. The maximum atomic E-state index is 13.1. The largest absolute Gasteiger partial charge is 0.489 e. The highest BCUT2D eigenvalue weighted by molar-refractivity contribution is 6.31. The topological polar surface area (TPSA) is 21.3 Å². The van der Waals surface area contributed by atoms with Crippen LogP contribution in [-0.4, -0.2) is 0 Å². The Morgan fingerprint density at radius 3 is 2.40 bits per heavy atom. The van der Waals surface area contributed by atoms with Gasteiger partial charge in [0.25, 0.3) is 0 Å². The van der Waals surface area contributed by atoms with E-state index in [4.69, 9.17) is 16.3 Å². The van der Waals surface area contributed by atoms with E-state index in [0.29, 0.717) is 18.9 Å². The van der Waals surface area contributed by atoms with E-state index < -0.39 is 5.82 Å². The third-order valence-electron chi connectivity index (χ3n) is 3.63. The molecule has 128 valence electrons. The van der Waals surface area contributed by atoms with Crippen LogP contribution in [0.25, 0.3) is 0 Å². The van der Waals surface area contributed by atoms with Crippen molar-refractivity contribution in [2.45, 2.75) is 13.2 Å². The molecule has 25 heavy (non-hydrogen) atoms. The second-order valence-corrected chi connectivity index (χ2v) is 5.95. The van der Waals surface area contributed by atoms with E-state index in [0.717, 1.165) is 16.8 Å². The van der Waals surface area contributed by atoms with Gasteiger partial charge in [0.05, 0.1) is 5.02 Å². The molecule has 3 aromatic rings. The predicted molar refractivity (Wildman–Crippen MR) is 95.9 cm³/mol. The summed E-state index contributed by atoms with van der Waals surface area (Å²) in [5.41, 5.74) is 2.57. The lowest BCUT2D eigenvalue weighted by molar-refractivity contribution is 0.305. The number of hydrogen-bond acceptors (Lipinski definition) is 2. The molecule has 0 aliphatic carbocycles. The second kappa shape index (κ2) is 7.99. The van der Waals surface area contributed by atoms with Crippen molar-refractivity contribution in [3.63, 3.8) is 0 Å². The van der Waals surface area contributed by atoms with Crippen molar-refractivity contribution < 1.29 is 13.5 Å². The summed E-state index contributed by atoms with van der Waals surface area (Å²) in [5, 5.41) is 3.27. The van der Waals surface area contributed by atoms with Gasteiger partial charge in [0, 0.05) is 12.2 Å². The van der Waals surface area contributed by atoms with Crippen LogP contribution in [0.1, 0.15) is 11.1 Å². The molecule has 0 amide bonds. The Morgan fingerprint density at radius 1 is 0.880 bits per heavy atom. The summed E-state index contributed by atoms with van der Waals surface area (Å²) in [6, 6.07) is 18.4. The van der Waals surface area contributed by atoms with Crippen molar-refractivity contribution in [2.75, 3.05) is 5.32 Å². The average Bonchev–Trinajstić information content (AvgIpc) is 2.62. The minimum atomic E-state index is -0.438. The second-order valence-electron chi connectivity index (χ2n) is 5.54. The molecule has 0 atom stereocenters. The quantitative estimate of drug-likeness (QED) is 0.599. The van der Waals surface area contributed by atoms with Crippen LogP contribution < -0.4 is 10.1 Å². The molecule has 0 aliphatic heterocycles. The maximum Gasteiger partial charge on any atom is 0.141 e. The number of hydrogen-bond donors (Lipinski definition) is 1. The summed E-state index contributed by atoms with van der Waals surface area (Å²) in [4.78, 5) is 0. The van der Waals surface area contributed by atoms with Gasteiger partial charge in [-0.1, -0.05) is 35.9 Å². The lowest BCUT2D eigenvalue weighted by atomic mass is 10.2. The highest BCUT2D eigenvalue weighted by Gasteiger charge is 2.02. The van der Waals surface area contributed by atoms with Crippen LogP contribution in [0.2, 0.25) is 5.02 Å². The number of rotatable bonds is 6. The fourth-order valence-corrected chi connectivity index (χ4v) is 2.49. The van der Waals surface area contributed by atoms with Crippen molar-refractivity contribution >= 4 is 17.3 Å². The number of nitrogens with one attached hydrogen (secondary N) is 1. The van der Waals surface area contributed by atoms with E-state index in [-0.39, 0.29) is 10.8 Å². The number of halogens is 3. The van der Waals surface area contributed by atoms with Crippen LogP contribution >= 0.6 is 11.6 Å². The lowest BCUT2D eigenvalue weighted by Gasteiger charge is -2.09. The van der Waals surface area contributed by atoms with Crippen LogP contribution in [0.3, 0.4) is 0 Å². The molecular formula is C20H16ClF2NO. The van der Waals surface area contributed by atoms with Crippen molar-refractivity contribution in [1.82, 2.24) is 0 Å². The van der Waals surface area contributed by atoms with Crippen molar-refractivity contribution in [3.8, 4) is 5.75 Å². The van der Waals surface area contributed by atoms with Gasteiger partial charge in [-0.05, 0) is 53.6 Å². The first-order chi connectivity index (χ1) is 12.1. The standard InChI is InChI=1S/C20H16ClF2NO/c21-19-11-17(6-9-20(19)23)24-12-14-4-7-18(8-5-14)25-13-15-2-1-3-16(22)10-15/h1-11,24H,12-13H2. The molecule has 3 aromatic carbocycles. The average molecular weight is 360 g/mol. The molecule has 0 radical (unpaired) electrons. The molecule has 0 spiro atoms. The molecule has 2 nitrogen and oxygen atoms in total. The Balaban J connectivity index is 1.54. The predicted octanol–water partition coefficient (Wildman–Crippen LogP) is 5.81. The summed E-state index contributed by atoms with van der Waals surface area (Å²) in [5.74, 6) is -0.00623. The van der Waals surface area contributed by atoms with Gasteiger partial charge >= 0.3 is 0 Å². The molecule has 3 rings (SSSR count). The fraction of sp³-hybridized carbons (Fsp3) is 0.100. The zero-order chi connectivity index (χ0) is 17.6. The molecule has 0 fully saturated rings. The number of benzene rings is 3. The van der Waals surface area contributed by atoms with Gasteiger partial charge in [0.1, 0.15) is 24.0 Å². The van der Waals surface area contributed by atoms with Gasteiger partial charge in [-0.25, -0.2) is 8.78 Å². The third kappa shape index (κ3) is 4.94. The lowest BCUT2D eigenvalue weighted by Crippen LogP contribution is -2.00. The molecular weight excluding hydrogens is 344 g/mol. The Hall–Kier alpha value is -2.59. The van der Waals surface area contributed by atoms with Crippen molar-refractivity contribution in [1.29, 1.82) is 0 Å². The zero-order valence-corrected chi connectivity index (χ0v) is 14.1. The summed E-state index contributed by atoms with van der Waals surface area (Å²) in [7, 11) is 0. The van der Waals surface area contributed by atoms with Crippen LogP contribution in [0.15, 0.2) is 66.7 Å². The summed E-state index contributed by atoms with van der Waals surface area (Å²) in [6.45, 7) is 0.884. The first-order valence-electron chi connectivity index (χ1n) is 7.75. The summed E-state index contributed by atoms with van der Waals surface area (Å²) >= 11 is 5.76. The van der Waals surface area contributed by atoms with Gasteiger partial charge in [-0.2, -0.15) is 0 Å². The first kappa shape index (κ1) is 17.2.